The van der Waals surface area contributed by atoms with E-state index in [-0.39, 0.29) is 18.5 Å². The smallest absolute Gasteiger partial charge is 0.241 e. The summed E-state index contributed by atoms with van der Waals surface area (Å²) in [6.45, 7) is 9.65. The molecule has 0 heterocycles. The van der Waals surface area contributed by atoms with Gasteiger partial charge in [-0.05, 0) is 74.6 Å². The molecule has 2 aromatic carbocycles. The third-order valence-corrected chi connectivity index (χ3v) is 5.84. The average Bonchev–Trinajstić information content (AvgIpc) is 2.54. The molecule has 0 unspecified atom stereocenters. The van der Waals surface area contributed by atoms with Crippen LogP contribution in [0, 0.1) is 27.7 Å². The Labute approximate surface area is 162 Å². The molecule has 146 valence electrons. The zero-order valence-electron chi connectivity index (χ0n) is 16.8. The highest BCUT2D eigenvalue weighted by atomic mass is 32.2. The summed E-state index contributed by atoms with van der Waals surface area (Å²) in [6.07, 6.45) is 1.11. The highest BCUT2D eigenvalue weighted by Crippen LogP contribution is 2.22. The second-order valence-electron chi connectivity index (χ2n) is 7.19. The van der Waals surface area contributed by atoms with Gasteiger partial charge < -0.3 is 5.32 Å². The van der Waals surface area contributed by atoms with E-state index in [0.717, 1.165) is 32.8 Å². The monoisotopic (exact) mass is 388 g/mol. The van der Waals surface area contributed by atoms with Crippen LogP contribution in [0.15, 0.2) is 36.4 Å². The normalized spacial score (nSPS) is 12.5. The Morgan fingerprint density at radius 2 is 1.67 bits per heavy atom. The number of carbonyl (C=O) groups excluding carboxylic acids is 1. The molecule has 0 spiro atoms. The fourth-order valence-electron chi connectivity index (χ4n) is 3.13. The van der Waals surface area contributed by atoms with Crippen molar-refractivity contribution >= 4 is 21.6 Å². The van der Waals surface area contributed by atoms with E-state index in [1.54, 1.807) is 18.2 Å². The van der Waals surface area contributed by atoms with Gasteiger partial charge in [-0.3, -0.25) is 9.10 Å². The van der Waals surface area contributed by atoms with Crippen LogP contribution in [0.1, 0.15) is 40.8 Å². The molecule has 2 aromatic rings. The maximum absolute atomic E-state index is 12.6. The fraction of sp³-hybridized carbons (Fsp3) is 0.381. The molecule has 0 aliphatic heterocycles. The first-order chi connectivity index (χ1) is 12.5. The first-order valence-electron chi connectivity index (χ1n) is 8.90. The average molecular weight is 389 g/mol. The minimum Gasteiger partial charge on any atom is -0.348 e. The molecule has 6 heteroatoms. The van der Waals surface area contributed by atoms with E-state index in [0.29, 0.717) is 5.69 Å². The van der Waals surface area contributed by atoms with E-state index in [4.69, 9.17) is 0 Å². The van der Waals surface area contributed by atoms with Crippen LogP contribution in [-0.4, -0.2) is 27.1 Å². The Morgan fingerprint density at radius 1 is 1.04 bits per heavy atom. The Bertz CT molecular complexity index is 952. The van der Waals surface area contributed by atoms with Crippen LogP contribution in [0.5, 0.6) is 0 Å². The summed E-state index contributed by atoms with van der Waals surface area (Å²) >= 11 is 0. The molecule has 0 bridgehead atoms. The zero-order valence-corrected chi connectivity index (χ0v) is 17.6. The van der Waals surface area contributed by atoms with Gasteiger partial charge >= 0.3 is 0 Å². The van der Waals surface area contributed by atoms with Crippen molar-refractivity contribution in [3.63, 3.8) is 0 Å². The SMILES string of the molecule is Cc1cccc(N(CC(=O)N[C@@H](C)c2cc(C)c(C)cc2C)S(C)(=O)=O)c1. The Kier molecular flexibility index (Phi) is 6.31. The minimum atomic E-state index is -3.58. The van der Waals surface area contributed by atoms with Gasteiger partial charge in [-0.2, -0.15) is 0 Å². The summed E-state index contributed by atoms with van der Waals surface area (Å²) in [4.78, 5) is 12.6. The quantitative estimate of drug-likeness (QED) is 0.823. The van der Waals surface area contributed by atoms with E-state index < -0.39 is 10.0 Å². The molecule has 0 saturated heterocycles. The number of rotatable bonds is 6. The van der Waals surface area contributed by atoms with E-state index >= 15 is 0 Å². The lowest BCUT2D eigenvalue weighted by atomic mass is 9.96. The van der Waals surface area contributed by atoms with Gasteiger partial charge in [0.15, 0.2) is 0 Å². The number of sulfonamides is 1. The van der Waals surface area contributed by atoms with Crippen LogP contribution < -0.4 is 9.62 Å². The van der Waals surface area contributed by atoms with Crippen LogP contribution in [0.2, 0.25) is 0 Å². The number of hydrogen-bond donors (Lipinski definition) is 1. The molecule has 2 rings (SSSR count). The number of amides is 1. The molecule has 0 aliphatic rings. The van der Waals surface area contributed by atoms with Gasteiger partial charge in [0.25, 0.3) is 0 Å². The van der Waals surface area contributed by atoms with Crippen LogP contribution in [0.4, 0.5) is 5.69 Å². The minimum absolute atomic E-state index is 0.212. The Hall–Kier alpha value is -2.34. The molecule has 5 nitrogen and oxygen atoms in total. The summed E-state index contributed by atoms with van der Waals surface area (Å²) in [5.41, 5.74) is 5.92. The van der Waals surface area contributed by atoms with E-state index in [1.165, 1.54) is 5.56 Å². The van der Waals surface area contributed by atoms with Crippen LogP contribution >= 0.6 is 0 Å². The lowest BCUT2D eigenvalue weighted by Crippen LogP contribution is -2.41. The van der Waals surface area contributed by atoms with Crippen molar-refractivity contribution in [1.29, 1.82) is 0 Å². The number of anilines is 1. The lowest BCUT2D eigenvalue weighted by Gasteiger charge is -2.24. The molecule has 1 atom stereocenters. The van der Waals surface area contributed by atoms with Crippen molar-refractivity contribution in [2.75, 3.05) is 17.1 Å². The third kappa shape index (κ3) is 5.32. The number of aryl methyl sites for hydroxylation is 4. The molecule has 1 N–H and O–H groups in total. The summed E-state index contributed by atoms with van der Waals surface area (Å²) < 4.78 is 25.6. The van der Waals surface area contributed by atoms with Crippen molar-refractivity contribution < 1.29 is 13.2 Å². The zero-order chi connectivity index (χ0) is 20.4. The second kappa shape index (κ2) is 8.13. The number of nitrogens with one attached hydrogen (secondary N) is 1. The predicted molar refractivity (Wildman–Crippen MR) is 111 cm³/mol. The number of nitrogens with zero attached hydrogens (tertiary/aromatic N) is 1. The topological polar surface area (TPSA) is 66.5 Å². The summed E-state index contributed by atoms with van der Waals surface area (Å²) in [7, 11) is -3.58. The molecule has 1 amide bonds. The van der Waals surface area contributed by atoms with Crippen molar-refractivity contribution in [1.82, 2.24) is 5.32 Å². The second-order valence-corrected chi connectivity index (χ2v) is 9.10. The van der Waals surface area contributed by atoms with E-state index in [2.05, 4.69) is 24.4 Å². The first-order valence-corrected chi connectivity index (χ1v) is 10.8. The van der Waals surface area contributed by atoms with E-state index in [1.807, 2.05) is 33.8 Å². The van der Waals surface area contributed by atoms with Crippen molar-refractivity contribution in [2.24, 2.45) is 0 Å². The Balaban J connectivity index is 2.20. The number of carbonyl (C=O) groups is 1. The molecule has 0 aliphatic carbocycles. The largest absolute Gasteiger partial charge is 0.348 e. The van der Waals surface area contributed by atoms with Crippen LogP contribution in [0.3, 0.4) is 0 Å². The van der Waals surface area contributed by atoms with Gasteiger partial charge in [-0.1, -0.05) is 24.3 Å². The molecule has 0 fully saturated rings. The highest BCUT2D eigenvalue weighted by Gasteiger charge is 2.22. The van der Waals surface area contributed by atoms with Crippen LogP contribution in [0.25, 0.3) is 0 Å². The van der Waals surface area contributed by atoms with E-state index in [9.17, 15) is 13.2 Å². The number of benzene rings is 2. The maximum atomic E-state index is 12.6. The maximum Gasteiger partial charge on any atom is 0.241 e. The molecule has 0 aromatic heterocycles. The predicted octanol–water partition coefficient (Wildman–Crippen LogP) is 3.56. The van der Waals surface area contributed by atoms with Gasteiger partial charge in [0.1, 0.15) is 6.54 Å². The van der Waals surface area contributed by atoms with Crippen molar-refractivity contribution in [2.45, 2.75) is 40.7 Å². The summed E-state index contributed by atoms with van der Waals surface area (Å²) in [6, 6.07) is 11.1. The third-order valence-electron chi connectivity index (χ3n) is 4.70. The molecule has 0 radical (unpaired) electrons. The molecular formula is C21H28N2O3S. The van der Waals surface area contributed by atoms with Gasteiger partial charge in [0, 0.05) is 0 Å². The van der Waals surface area contributed by atoms with Gasteiger partial charge in [0.2, 0.25) is 15.9 Å². The summed E-state index contributed by atoms with van der Waals surface area (Å²) in [5, 5.41) is 2.93. The molecule has 0 saturated carbocycles. The fourth-order valence-corrected chi connectivity index (χ4v) is 3.98. The van der Waals surface area contributed by atoms with Gasteiger partial charge in [-0.25, -0.2) is 8.42 Å². The highest BCUT2D eigenvalue weighted by molar-refractivity contribution is 7.92. The van der Waals surface area contributed by atoms with Gasteiger partial charge in [0.05, 0.1) is 18.0 Å². The standard InChI is InChI=1S/C21H28N2O3S/c1-14-8-7-9-19(10-14)23(27(6,25)26)13-21(24)22-18(5)20-12-16(3)15(2)11-17(20)4/h7-12,18H,13H2,1-6H3,(H,22,24)/t18-/m0/s1. The van der Waals surface area contributed by atoms with Crippen molar-refractivity contribution in [3.05, 3.63) is 64.2 Å². The molecular weight excluding hydrogens is 360 g/mol. The van der Waals surface area contributed by atoms with Crippen molar-refractivity contribution in [3.8, 4) is 0 Å². The first kappa shape index (κ1) is 21.0. The lowest BCUT2D eigenvalue weighted by molar-refractivity contribution is -0.120. The van der Waals surface area contributed by atoms with Gasteiger partial charge in [-0.15, -0.1) is 0 Å². The molecule has 27 heavy (non-hydrogen) atoms. The number of hydrogen-bond acceptors (Lipinski definition) is 3. The Morgan fingerprint density at radius 3 is 2.26 bits per heavy atom. The van der Waals surface area contributed by atoms with Crippen LogP contribution in [-0.2, 0) is 14.8 Å². The summed E-state index contributed by atoms with van der Waals surface area (Å²) in [5.74, 6) is -0.341.